The van der Waals surface area contributed by atoms with Gasteiger partial charge in [0.25, 0.3) is 0 Å². The third-order valence-corrected chi connectivity index (χ3v) is 3.99. The van der Waals surface area contributed by atoms with Crippen LogP contribution in [0.25, 0.3) is 0 Å². The minimum absolute atomic E-state index is 0.0719. The first-order valence-electron chi connectivity index (χ1n) is 5.91. The number of rotatable bonds is 2. The molecule has 8 heteroatoms. The molecule has 0 saturated carbocycles. The number of anilines is 1. The molecule has 2 rings (SSSR count). The minimum Gasteiger partial charge on any atom is -0.359 e. The van der Waals surface area contributed by atoms with Crippen molar-refractivity contribution in [3.8, 4) is 0 Å². The molecule has 1 aliphatic rings. The normalized spacial score (nSPS) is 20.4. The highest BCUT2D eigenvalue weighted by atomic mass is 32.1. The third-order valence-electron chi connectivity index (χ3n) is 3.09. The molecule has 0 radical (unpaired) electrons. The molecule has 1 aliphatic heterocycles. The van der Waals surface area contributed by atoms with Gasteiger partial charge in [-0.05, 0) is 12.8 Å². The van der Waals surface area contributed by atoms with E-state index in [0.717, 1.165) is 29.6 Å². The topological polar surface area (TPSA) is 45.2 Å². The van der Waals surface area contributed by atoms with Gasteiger partial charge in [-0.3, -0.25) is 4.79 Å². The summed E-state index contributed by atoms with van der Waals surface area (Å²) in [6, 6.07) is 0. The lowest BCUT2D eigenvalue weighted by Gasteiger charge is -2.31. The van der Waals surface area contributed by atoms with Crippen molar-refractivity contribution in [1.82, 2.24) is 10.3 Å². The number of piperidine rings is 1. The fourth-order valence-electron chi connectivity index (χ4n) is 2.11. The Bertz CT molecular complexity index is 460. The Hall–Kier alpha value is -1.31. The van der Waals surface area contributed by atoms with Crippen LogP contribution in [0, 0.1) is 5.92 Å². The summed E-state index contributed by atoms with van der Waals surface area (Å²) in [7, 11) is 1.56. The fraction of sp³-hybridized carbons (Fsp3) is 0.636. The molecule has 0 aromatic carbocycles. The van der Waals surface area contributed by atoms with Crippen LogP contribution >= 0.6 is 11.3 Å². The van der Waals surface area contributed by atoms with Gasteiger partial charge < -0.3 is 10.2 Å². The van der Waals surface area contributed by atoms with E-state index in [1.165, 1.54) is 0 Å². The van der Waals surface area contributed by atoms with Gasteiger partial charge in [0, 0.05) is 25.5 Å². The van der Waals surface area contributed by atoms with Crippen molar-refractivity contribution in [3.63, 3.8) is 0 Å². The number of nitrogens with one attached hydrogen (secondary N) is 1. The van der Waals surface area contributed by atoms with E-state index in [0.29, 0.717) is 18.2 Å². The maximum atomic E-state index is 12.5. The van der Waals surface area contributed by atoms with Crippen LogP contribution < -0.4 is 10.2 Å². The Labute approximate surface area is 112 Å². The van der Waals surface area contributed by atoms with Crippen LogP contribution in [0.2, 0.25) is 0 Å². The van der Waals surface area contributed by atoms with Crippen LogP contribution in [-0.4, -0.2) is 31.0 Å². The number of hydrogen-bond donors (Lipinski definition) is 1. The van der Waals surface area contributed by atoms with Gasteiger partial charge in [-0.1, -0.05) is 0 Å². The highest BCUT2D eigenvalue weighted by molar-refractivity contribution is 7.13. The van der Waals surface area contributed by atoms with Crippen LogP contribution in [0.3, 0.4) is 0 Å². The van der Waals surface area contributed by atoms with Gasteiger partial charge in [-0.25, -0.2) is 4.98 Å². The predicted molar refractivity (Wildman–Crippen MR) is 66.1 cm³/mol. The van der Waals surface area contributed by atoms with E-state index in [-0.39, 0.29) is 11.8 Å². The molecule has 1 N–H and O–H groups in total. The zero-order chi connectivity index (χ0) is 14.0. The first-order valence-corrected chi connectivity index (χ1v) is 6.79. The van der Waals surface area contributed by atoms with E-state index in [1.54, 1.807) is 11.9 Å². The largest absolute Gasteiger partial charge is 0.434 e. The molecule has 1 atom stereocenters. The first kappa shape index (κ1) is 14.1. The van der Waals surface area contributed by atoms with Crippen molar-refractivity contribution < 1.29 is 18.0 Å². The number of amides is 1. The van der Waals surface area contributed by atoms with Crippen LogP contribution in [0.4, 0.5) is 18.3 Å². The van der Waals surface area contributed by atoms with Crippen LogP contribution in [0.1, 0.15) is 18.5 Å². The molecule has 106 valence electrons. The number of nitrogens with zero attached hydrogens (tertiary/aromatic N) is 2. The Morgan fingerprint density at radius 1 is 1.58 bits per heavy atom. The second kappa shape index (κ2) is 5.36. The lowest BCUT2D eigenvalue weighted by molar-refractivity contribution is -0.140. The van der Waals surface area contributed by atoms with Gasteiger partial charge in [-0.2, -0.15) is 13.2 Å². The molecule has 0 spiro atoms. The summed E-state index contributed by atoms with van der Waals surface area (Å²) in [5.74, 6) is -0.255. The van der Waals surface area contributed by atoms with Gasteiger partial charge in [0.15, 0.2) is 10.8 Å². The molecule has 0 aliphatic carbocycles. The minimum atomic E-state index is -4.41. The summed E-state index contributed by atoms with van der Waals surface area (Å²) < 4.78 is 37.5. The zero-order valence-corrected chi connectivity index (χ0v) is 11.1. The van der Waals surface area contributed by atoms with Crippen molar-refractivity contribution in [2.75, 3.05) is 25.0 Å². The second-order valence-electron chi connectivity index (χ2n) is 4.41. The monoisotopic (exact) mass is 293 g/mol. The van der Waals surface area contributed by atoms with Crippen molar-refractivity contribution in [2.45, 2.75) is 19.0 Å². The lowest BCUT2D eigenvalue weighted by atomic mass is 9.98. The van der Waals surface area contributed by atoms with E-state index >= 15 is 0 Å². The van der Waals surface area contributed by atoms with Gasteiger partial charge in [-0.15, -0.1) is 11.3 Å². The first-order chi connectivity index (χ1) is 8.91. The van der Waals surface area contributed by atoms with E-state index in [4.69, 9.17) is 0 Å². The highest BCUT2D eigenvalue weighted by Crippen LogP contribution is 2.34. The summed E-state index contributed by atoms with van der Waals surface area (Å²) >= 11 is 0.967. The van der Waals surface area contributed by atoms with E-state index in [1.807, 2.05) is 0 Å². The molecule has 1 saturated heterocycles. The average molecular weight is 293 g/mol. The molecule has 1 unspecified atom stereocenters. The molecule has 1 fully saturated rings. The van der Waals surface area contributed by atoms with Crippen molar-refractivity contribution in [1.29, 1.82) is 0 Å². The number of thiazole rings is 1. The Kier molecular flexibility index (Phi) is 3.98. The SMILES string of the molecule is CNC(=O)C1CCCN(c2nc(C(F)(F)F)cs2)C1. The smallest absolute Gasteiger partial charge is 0.359 e. The number of carbonyl (C=O) groups excluding carboxylic acids is 1. The molecule has 4 nitrogen and oxygen atoms in total. The maximum Gasteiger partial charge on any atom is 0.434 e. The molecule has 1 aromatic rings. The molecular formula is C11H14F3N3OS. The summed E-state index contributed by atoms with van der Waals surface area (Å²) in [6.07, 6.45) is -2.88. The van der Waals surface area contributed by atoms with Crippen LogP contribution in [0.15, 0.2) is 5.38 Å². The number of hydrogen-bond acceptors (Lipinski definition) is 4. The zero-order valence-electron chi connectivity index (χ0n) is 10.3. The molecule has 1 amide bonds. The van der Waals surface area contributed by atoms with Gasteiger partial charge >= 0.3 is 6.18 Å². The number of halogens is 3. The summed E-state index contributed by atoms with van der Waals surface area (Å²) in [4.78, 5) is 16.9. The van der Waals surface area contributed by atoms with Crippen molar-refractivity contribution in [3.05, 3.63) is 11.1 Å². The molecule has 1 aromatic heterocycles. The van der Waals surface area contributed by atoms with Crippen molar-refractivity contribution >= 4 is 22.4 Å². The Balaban J connectivity index is 2.09. The lowest BCUT2D eigenvalue weighted by Crippen LogP contribution is -2.42. The predicted octanol–water partition coefficient (Wildman–Crippen LogP) is 2.12. The second-order valence-corrected chi connectivity index (χ2v) is 5.25. The molecule has 2 heterocycles. The van der Waals surface area contributed by atoms with Crippen molar-refractivity contribution in [2.24, 2.45) is 5.92 Å². The van der Waals surface area contributed by atoms with Crippen LogP contribution in [-0.2, 0) is 11.0 Å². The summed E-state index contributed by atoms with van der Waals surface area (Å²) in [5, 5.41) is 3.92. The standard InChI is InChI=1S/C11H14F3N3OS/c1-15-9(18)7-3-2-4-17(5-7)10-16-8(6-19-10)11(12,13)14/h6-7H,2-5H2,1H3,(H,15,18). The van der Waals surface area contributed by atoms with E-state index in [2.05, 4.69) is 10.3 Å². The quantitative estimate of drug-likeness (QED) is 0.908. The Morgan fingerprint density at radius 2 is 2.32 bits per heavy atom. The highest BCUT2D eigenvalue weighted by Gasteiger charge is 2.35. The van der Waals surface area contributed by atoms with Crippen LogP contribution in [0.5, 0.6) is 0 Å². The van der Waals surface area contributed by atoms with Gasteiger partial charge in [0.05, 0.1) is 5.92 Å². The summed E-state index contributed by atoms with van der Waals surface area (Å²) in [5.41, 5.74) is -0.866. The Morgan fingerprint density at radius 3 is 2.89 bits per heavy atom. The number of alkyl halides is 3. The average Bonchev–Trinajstić information content (AvgIpc) is 2.87. The molecule has 19 heavy (non-hydrogen) atoms. The molecule has 0 bridgehead atoms. The third kappa shape index (κ3) is 3.17. The number of carbonyl (C=O) groups is 1. The van der Waals surface area contributed by atoms with Gasteiger partial charge in [0.1, 0.15) is 0 Å². The fourth-order valence-corrected chi connectivity index (χ4v) is 2.98. The maximum absolute atomic E-state index is 12.5. The van der Waals surface area contributed by atoms with E-state index < -0.39 is 11.9 Å². The van der Waals surface area contributed by atoms with E-state index in [9.17, 15) is 18.0 Å². The molecular weight excluding hydrogens is 279 g/mol. The summed E-state index contributed by atoms with van der Waals surface area (Å²) in [6.45, 7) is 1.06. The number of aromatic nitrogens is 1. The van der Waals surface area contributed by atoms with Gasteiger partial charge in [0.2, 0.25) is 5.91 Å².